The molecule has 0 saturated carbocycles. The fourth-order valence-corrected chi connectivity index (χ4v) is 1.07. The Morgan fingerprint density at radius 1 is 1.80 bits per heavy atom. The summed E-state index contributed by atoms with van der Waals surface area (Å²) in [6.45, 7) is 0. The molecule has 2 amide bonds. The second-order valence-electron chi connectivity index (χ2n) is 2.47. The summed E-state index contributed by atoms with van der Waals surface area (Å²) >= 11 is 0. The summed E-state index contributed by atoms with van der Waals surface area (Å²) in [6, 6.07) is -0.00926. The predicted octanol–water partition coefficient (Wildman–Crippen LogP) is -0.860. The van der Waals surface area contributed by atoms with Crippen LogP contribution in [0.1, 0.15) is 19.3 Å². The van der Waals surface area contributed by atoms with Crippen LogP contribution < -0.4 is 11.1 Å². The summed E-state index contributed by atoms with van der Waals surface area (Å²) in [7, 11) is 0. The third-order valence-electron chi connectivity index (χ3n) is 1.53. The van der Waals surface area contributed by atoms with Crippen molar-refractivity contribution in [3.63, 3.8) is 0 Å². The highest BCUT2D eigenvalue weighted by Crippen LogP contribution is 2.08. The van der Waals surface area contributed by atoms with Crippen LogP contribution in [0.4, 0.5) is 0 Å². The van der Waals surface area contributed by atoms with E-state index in [0.717, 1.165) is 6.42 Å². The van der Waals surface area contributed by atoms with E-state index < -0.39 is 0 Å². The maximum absolute atomic E-state index is 10.6. The van der Waals surface area contributed by atoms with Crippen molar-refractivity contribution in [2.24, 2.45) is 5.73 Å². The van der Waals surface area contributed by atoms with Crippen molar-refractivity contribution in [1.29, 1.82) is 0 Å². The van der Waals surface area contributed by atoms with E-state index in [2.05, 4.69) is 5.32 Å². The van der Waals surface area contributed by atoms with Gasteiger partial charge in [-0.25, -0.2) is 0 Å². The van der Waals surface area contributed by atoms with Gasteiger partial charge in [-0.05, 0) is 6.42 Å². The molecule has 0 aromatic heterocycles. The fourth-order valence-electron chi connectivity index (χ4n) is 1.07. The molecule has 1 heterocycles. The fraction of sp³-hybridized carbons (Fsp3) is 0.667. The van der Waals surface area contributed by atoms with Gasteiger partial charge in [0.2, 0.25) is 11.8 Å². The van der Waals surface area contributed by atoms with E-state index in [0.29, 0.717) is 6.42 Å². The predicted molar refractivity (Wildman–Crippen MR) is 35.0 cm³/mol. The van der Waals surface area contributed by atoms with Crippen LogP contribution in [0, 0.1) is 0 Å². The van der Waals surface area contributed by atoms with E-state index in [-0.39, 0.29) is 24.3 Å². The van der Waals surface area contributed by atoms with E-state index >= 15 is 0 Å². The Morgan fingerprint density at radius 3 is 2.90 bits per heavy atom. The molecule has 1 fully saturated rings. The van der Waals surface area contributed by atoms with Gasteiger partial charge in [-0.15, -0.1) is 0 Å². The first-order valence-corrected chi connectivity index (χ1v) is 3.26. The third kappa shape index (κ3) is 1.72. The Morgan fingerprint density at radius 2 is 2.50 bits per heavy atom. The van der Waals surface area contributed by atoms with Gasteiger partial charge in [0.05, 0.1) is 0 Å². The number of hydrogen-bond acceptors (Lipinski definition) is 2. The number of primary amides is 1. The van der Waals surface area contributed by atoms with Crippen molar-refractivity contribution in [1.82, 2.24) is 5.32 Å². The number of carbonyl (C=O) groups excluding carboxylic acids is 2. The molecular formula is C6H10N2O2. The molecule has 1 aliphatic heterocycles. The van der Waals surface area contributed by atoms with Crippen molar-refractivity contribution < 1.29 is 9.59 Å². The van der Waals surface area contributed by atoms with E-state index in [1.54, 1.807) is 0 Å². The third-order valence-corrected chi connectivity index (χ3v) is 1.53. The molecule has 0 aliphatic carbocycles. The standard InChI is InChI=1S/C6H10N2O2/c7-5(9)3-4-1-2-6(10)8-4/h4H,1-3H2,(H2,7,9)(H,8,10)/t4-/m0/s1. The van der Waals surface area contributed by atoms with E-state index in [4.69, 9.17) is 5.73 Å². The number of nitrogens with two attached hydrogens (primary N) is 1. The summed E-state index contributed by atoms with van der Waals surface area (Å²) in [4.78, 5) is 20.9. The lowest BCUT2D eigenvalue weighted by molar-refractivity contribution is -0.119. The summed E-state index contributed by atoms with van der Waals surface area (Å²) in [5.74, 6) is -0.335. The van der Waals surface area contributed by atoms with Gasteiger partial charge in [0.15, 0.2) is 0 Å². The summed E-state index contributed by atoms with van der Waals surface area (Å²) in [5, 5.41) is 2.65. The molecule has 0 radical (unpaired) electrons. The highest BCUT2D eigenvalue weighted by atomic mass is 16.2. The number of amides is 2. The molecule has 10 heavy (non-hydrogen) atoms. The molecule has 56 valence electrons. The summed E-state index contributed by atoms with van der Waals surface area (Å²) in [5.41, 5.74) is 4.93. The first kappa shape index (κ1) is 7.05. The van der Waals surface area contributed by atoms with Gasteiger partial charge in [0, 0.05) is 18.9 Å². The van der Waals surface area contributed by atoms with Gasteiger partial charge < -0.3 is 11.1 Å². The first-order valence-electron chi connectivity index (χ1n) is 3.26. The van der Waals surface area contributed by atoms with Gasteiger partial charge in [-0.3, -0.25) is 9.59 Å². The Bertz CT molecular complexity index is 167. The molecule has 1 aliphatic rings. The maximum Gasteiger partial charge on any atom is 0.220 e. The molecule has 3 N–H and O–H groups in total. The highest BCUT2D eigenvalue weighted by Gasteiger charge is 2.21. The Labute approximate surface area is 58.8 Å². The minimum absolute atomic E-state index is 0.00926. The van der Waals surface area contributed by atoms with E-state index in [1.807, 2.05) is 0 Å². The lowest BCUT2D eigenvalue weighted by Gasteiger charge is -2.04. The van der Waals surface area contributed by atoms with Crippen LogP contribution in [0.2, 0.25) is 0 Å². The highest BCUT2D eigenvalue weighted by molar-refractivity contribution is 5.81. The lowest BCUT2D eigenvalue weighted by Crippen LogP contribution is -2.30. The van der Waals surface area contributed by atoms with Crippen molar-refractivity contribution in [2.45, 2.75) is 25.3 Å². The lowest BCUT2D eigenvalue weighted by atomic mass is 10.1. The smallest absolute Gasteiger partial charge is 0.220 e. The van der Waals surface area contributed by atoms with Crippen LogP contribution in [0.15, 0.2) is 0 Å². The van der Waals surface area contributed by atoms with Crippen molar-refractivity contribution in [3.8, 4) is 0 Å². The number of rotatable bonds is 2. The van der Waals surface area contributed by atoms with Crippen LogP contribution in [0.5, 0.6) is 0 Å². The molecule has 0 aromatic carbocycles. The zero-order valence-electron chi connectivity index (χ0n) is 5.59. The first-order chi connectivity index (χ1) is 4.68. The van der Waals surface area contributed by atoms with Crippen LogP contribution in [-0.4, -0.2) is 17.9 Å². The average Bonchev–Trinajstić information content (AvgIpc) is 2.13. The van der Waals surface area contributed by atoms with Gasteiger partial charge in [0.1, 0.15) is 0 Å². The van der Waals surface area contributed by atoms with Crippen LogP contribution in [0.25, 0.3) is 0 Å². The normalized spacial score (nSPS) is 24.4. The van der Waals surface area contributed by atoms with Gasteiger partial charge in [-0.1, -0.05) is 0 Å². The monoisotopic (exact) mass is 142 g/mol. The topological polar surface area (TPSA) is 72.2 Å². The number of hydrogen-bond donors (Lipinski definition) is 2. The SMILES string of the molecule is NC(=O)C[C@@H]1CCC(=O)N1. The Hall–Kier alpha value is -1.06. The summed E-state index contributed by atoms with van der Waals surface area (Å²) < 4.78 is 0. The van der Waals surface area contributed by atoms with Crippen LogP contribution in [0.3, 0.4) is 0 Å². The molecule has 0 spiro atoms. The molecule has 1 rings (SSSR count). The average molecular weight is 142 g/mol. The van der Waals surface area contributed by atoms with E-state index in [1.165, 1.54) is 0 Å². The quantitative estimate of drug-likeness (QED) is 0.526. The molecule has 0 aromatic rings. The molecule has 0 bridgehead atoms. The number of nitrogens with one attached hydrogen (secondary N) is 1. The van der Waals surface area contributed by atoms with Crippen molar-refractivity contribution in [3.05, 3.63) is 0 Å². The minimum Gasteiger partial charge on any atom is -0.370 e. The van der Waals surface area contributed by atoms with E-state index in [9.17, 15) is 9.59 Å². The summed E-state index contributed by atoms with van der Waals surface area (Å²) in [6.07, 6.45) is 1.53. The molecule has 4 nitrogen and oxygen atoms in total. The second kappa shape index (κ2) is 2.68. The molecule has 0 unspecified atom stereocenters. The van der Waals surface area contributed by atoms with Gasteiger partial charge >= 0.3 is 0 Å². The zero-order chi connectivity index (χ0) is 7.56. The minimum atomic E-state index is -0.354. The van der Waals surface area contributed by atoms with Crippen LogP contribution in [-0.2, 0) is 9.59 Å². The second-order valence-corrected chi connectivity index (χ2v) is 2.47. The molecule has 1 saturated heterocycles. The Balaban J connectivity index is 2.31. The molecule has 4 heteroatoms. The van der Waals surface area contributed by atoms with Crippen LogP contribution >= 0.6 is 0 Å². The van der Waals surface area contributed by atoms with Crippen molar-refractivity contribution in [2.75, 3.05) is 0 Å². The van der Waals surface area contributed by atoms with Gasteiger partial charge in [-0.2, -0.15) is 0 Å². The molecular weight excluding hydrogens is 132 g/mol. The molecule has 1 atom stereocenters. The van der Waals surface area contributed by atoms with Crippen molar-refractivity contribution >= 4 is 11.8 Å². The maximum atomic E-state index is 10.6. The largest absolute Gasteiger partial charge is 0.370 e. The zero-order valence-corrected chi connectivity index (χ0v) is 5.59. The number of carbonyl (C=O) groups is 2. The Kier molecular flexibility index (Phi) is 1.89. The van der Waals surface area contributed by atoms with Gasteiger partial charge in [0.25, 0.3) is 0 Å².